The van der Waals surface area contributed by atoms with Crippen LogP contribution in [0.4, 0.5) is 0 Å². The van der Waals surface area contributed by atoms with Gasteiger partial charge in [0.25, 0.3) is 0 Å². The van der Waals surface area contributed by atoms with Gasteiger partial charge in [0.15, 0.2) is 5.82 Å². The van der Waals surface area contributed by atoms with E-state index >= 15 is 0 Å². The number of hydrogen-bond donors (Lipinski definition) is 1. The van der Waals surface area contributed by atoms with E-state index < -0.39 is 0 Å². The van der Waals surface area contributed by atoms with Crippen molar-refractivity contribution in [3.8, 4) is 17.2 Å². The molecule has 0 aliphatic carbocycles. The number of nitrogens with zero attached hydrogens (tertiary/aromatic N) is 5. The van der Waals surface area contributed by atoms with E-state index in [-0.39, 0.29) is 12.1 Å². The molecule has 1 saturated heterocycles. The van der Waals surface area contributed by atoms with E-state index in [9.17, 15) is 0 Å². The van der Waals surface area contributed by atoms with Crippen molar-refractivity contribution in [3.63, 3.8) is 0 Å². The lowest BCUT2D eigenvalue weighted by atomic mass is 10.1. The molecule has 8 heteroatoms. The summed E-state index contributed by atoms with van der Waals surface area (Å²) in [6, 6.07) is 5.75. The molecule has 0 unspecified atom stereocenters. The van der Waals surface area contributed by atoms with Crippen LogP contribution in [0.2, 0.25) is 0 Å². The second kappa shape index (κ2) is 6.38. The number of ether oxygens (including phenoxy) is 1. The van der Waals surface area contributed by atoms with Crippen LogP contribution in [-0.4, -0.2) is 44.2 Å². The van der Waals surface area contributed by atoms with Gasteiger partial charge in [0.1, 0.15) is 6.04 Å². The van der Waals surface area contributed by atoms with Crippen LogP contribution < -0.4 is 5.32 Å². The summed E-state index contributed by atoms with van der Waals surface area (Å²) in [5.74, 6) is 1.81. The smallest absolute Gasteiger partial charge is 0.246 e. The highest BCUT2D eigenvalue weighted by Gasteiger charge is 2.28. The van der Waals surface area contributed by atoms with Crippen LogP contribution in [0.1, 0.15) is 30.2 Å². The van der Waals surface area contributed by atoms with Gasteiger partial charge in [-0.3, -0.25) is 0 Å². The first kappa shape index (κ1) is 15.9. The maximum Gasteiger partial charge on any atom is 0.246 e. The Bertz CT molecular complexity index is 870. The molecule has 1 aliphatic heterocycles. The van der Waals surface area contributed by atoms with E-state index in [4.69, 9.17) is 9.26 Å². The first-order chi connectivity index (χ1) is 12.1. The van der Waals surface area contributed by atoms with Gasteiger partial charge in [0.2, 0.25) is 11.7 Å². The van der Waals surface area contributed by atoms with Gasteiger partial charge in [-0.2, -0.15) is 10.1 Å². The topological polar surface area (TPSA) is 90.9 Å². The van der Waals surface area contributed by atoms with Crippen LogP contribution >= 0.6 is 0 Å². The minimum absolute atomic E-state index is 0.00594. The highest BCUT2D eigenvalue weighted by Crippen LogP contribution is 2.23. The zero-order chi connectivity index (χ0) is 17.4. The van der Waals surface area contributed by atoms with Crippen LogP contribution in [0.25, 0.3) is 17.2 Å². The van der Waals surface area contributed by atoms with Crippen LogP contribution in [0, 0.1) is 13.8 Å². The first-order valence-corrected chi connectivity index (χ1v) is 8.30. The highest BCUT2D eigenvalue weighted by atomic mass is 16.5. The molecule has 4 heterocycles. The molecule has 0 spiro atoms. The fourth-order valence-electron chi connectivity index (χ4n) is 2.99. The predicted molar refractivity (Wildman–Crippen MR) is 90.3 cm³/mol. The van der Waals surface area contributed by atoms with E-state index in [1.165, 1.54) is 0 Å². The van der Waals surface area contributed by atoms with Gasteiger partial charge in [-0.05, 0) is 39.0 Å². The summed E-state index contributed by atoms with van der Waals surface area (Å²) in [5.41, 5.74) is 2.80. The second-order valence-electron chi connectivity index (χ2n) is 6.21. The van der Waals surface area contributed by atoms with Gasteiger partial charge >= 0.3 is 0 Å². The fourth-order valence-corrected chi connectivity index (χ4v) is 2.99. The van der Waals surface area contributed by atoms with Crippen molar-refractivity contribution >= 4 is 0 Å². The number of hydrogen-bond acceptors (Lipinski definition) is 7. The van der Waals surface area contributed by atoms with Crippen LogP contribution in [-0.2, 0) is 4.74 Å². The quantitative estimate of drug-likeness (QED) is 0.779. The number of pyridine rings is 1. The molecule has 3 aromatic heterocycles. The highest BCUT2D eigenvalue weighted by molar-refractivity contribution is 5.53. The first-order valence-electron chi connectivity index (χ1n) is 8.30. The normalized spacial score (nSPS) is 20.8. The van der Waals surface area contributed by atoms with E-state index in [0.717, 1.165) is 29.3 Å². The van der Waals surface area contributed by atoms with E-state index in [2.05, 4.69) is 25.5 Å². The fraction of sp³-hybridized carbons (Fsp3) is 0.412. The molecule has 2 atom stereocenters. The summed E-state index contributed by atoms with van der Waals surface area (Å²) in [5, 5.41) is 11.9. The van der Waals surface area contributed by atoms with Crippen molar-refractivity contribution in [3.05, 3.63) is 41.7 Å². The maximum absolute atomic E-state index is 5.63. The second-order valence-corrected chi connectivity index (χ2v) is 6.21. The van der Waals surface area contributed by atoms with Gasteiger partial charge in [0, 0.05) is 24.0 Å². The minimum Gasteiger partial charge on any atom is -0.375 e. The van der Waals surface area contributed by atoms with Crippen molar-refractivity contribution in [1.29, 1.82) is 0 Å². The third-order valence-corrected chi connectivity index (χ3v) is 4.26. The summed E-state index contributed by atoms with van der Waals surface area (Å²) in [6.07, 6.45) is 1.72. The molecule has 3 aromatic rings. The SMILES string of the molecule is Cc1cc(C)n(-c2ccc(-c3noc([C@H]4NCCO[C@@H]4C)n3)cn2)n1. The molecule has 25 heavy (non-hydrogen) atoms. The van der Waals surface area contributed by atoms with E-state index in [1.54, 1.807) is 6.20 Å². The molecule has 0 saturated carbocycles. The molecular weight excluding hydrogens is 320 g/mol. The van der Waals surface area contributed by atoms with Gasteiger partial charge in [0.05, 0.1) is 18.4 Å². The van der Waals surface area contributed by atoms with Gasteiger partial charge in [-0.15, -0.1) is 0 Å². The Morgan fingerprint density at radius 2 is 2.16 bits per heavy atom. The van der Waals surface area contributed by atoms with E-state index in [0.29, 0.717) is 18.3 Å². The lowest BCUT2D eigenvalue weighted by Crippen LogP contribution is -2.40. The number of rotatable bonds is 3. The Labute approximate surface area is 145 Å². The number of nitrogens with one attached hydrogen (secondary N) is 1. The van der Waals surface area contributed by atoms with Gasteiger partial charge < -0.3 is 14.6 Å². The number of aryl methyl sites for hydroxylation is 2. The molecule has 0 bridgehead atoms. The van der Waals surface area contributed by atoms with Crippen molar-refractivity contribution < 1.29 is 9.26 Å². The van der Waals surface area contributed by atoms with Gasteiger partial charge in [-0.25, -0.2) is 9.67 Å². The summed E-state index contributed by atoms with van der Waals surface area (Å²) < 4.78 is 12.9. The standard InChI is InChI=1S/C17H20N6O2/c1-10-8-11(2)23(21-10)14-5-4-13(9-19-14)16-20-17(25-22-16)15-12(3)24-7-6-18-15/h4-5,8-9,12,15,18H,6-7H2,1-3H3/t12-,15+/m1/s1. The minimum atomic E-state index is -0.0862. The molecule has 0 radical (unpaired) electrons. The molecule has 1 fully saturated rings. The van der Waals surface area contributed by atoms with Crippen molar-refractivity contribution in [2.24, 2.45) is 0 Å². The molecular formula is C17H20N6O2. The Kier molecular flexibility index (Phi) is 4.06. The predicted octanol–water partition coefficient (Wildman–Crippen LogP) is 1.98. The Morgan fingerprint density at radius 3 is 2.84 bits per heavy atom. The van der Waals surface area contributed by atoms with Crippen molar-refractivity contribution in [2.45, 2.75) is 32.9 Å². The summed E-state index contributed by atoms with van der Waals surface area (Å²) in [6.45, 7) is 7.41. The molecule has 1 N–H and O–H groups in total. The maximum atomic E-state index is 5.63. The third kappa shape index (κ3) is 3.06. The molecule has 130 valence electrons. The van der Waals surface area contributed by atoms with Crippen molar-refractivity contribution in [2.75, 3.05) is 13.2 Å². The molecule has 8 nitrogen and oxygen atoms in total. The van der Waals surface area contributed by atoms with Gasteiger partial charge in [-0.1, -0.05) is 5.16 Å². The van der Waals surface area contributed by atoms with Crippen LogP contribution in [0.5, 0.6) is 0 Å². The number of morpholine rings is 1. The van der Waals surface area contributed by atoms with Crippen LogP contribution in [0.15, 0.2) is 28.9 Å². The molecule has 4 rings (SSSR count). The largest absolute Gasteiger partial charge is 0.375 e. The lowest BCUT2D eigenvalue weighted by Gasteiger charge is -2.27. The zero-order valence-corrected chi connectivity index (χ0v) is 14.4. The number of aromatic nitrogens is 5. The Balaban J connectivity index is 1.57. The Hall–Kier alpha value is -2.58. The van der Waals surface area contributed by atoms with Crippen molar-refractivity contribution in [1.82, 2.24) is 30.2 Å². The average molecular weight is 340 g/mol. The molecule has 1 aliphatic rings. The van der Waals surface area contributed by atoms with E-state index in [1.807, 2.05) is 43.7 Å². The summed E-state index contributed by atoms with van der Waals surface area (Å²) >= 11 is 0. The molecule has 0 amide bonds. The zero-order valence-electron chi connectivity index (χ0n) is 14.4. The molecule has 0 aromatic carbocycles. The van der Waals surface area contributed by atoms with Crippen LogP contribution in [0.3, 0.4) is 0 Å². The summed E-state index contributed by atoms with van der Waals surface area (Å²) in [7, 11) is 0. The average Bonchev–Trinajstić information content (AvgIpc) is 3.22. The monoisotopic (exact) mass is 340 g/mol. The Morgan fingerprint density at radius 1 is 1.28 bits per heavy atom. The lowest BCUT2D eigenvalue weighted by molar-refractivity contribution is -0.00136. The summed E-state index contributed by atoms with van der Waals surface area (Å²) in [4.78, 5) is 8.97. The third-order valence-electron chi connectivity index (χ3n) is 4.26.